The molecule has 2 aromatic carbocycles. The standard InChI is InChI=1S/C28H30N4O3/c1-21(33)27-29-12-13-32(27)19-26-20-35-28(30-26)25-10-8-23(9-11-25)3-2-22-4-6-24(7-5-22)18-31-14-16-34-17-15-31/h4-13,21,26,33H,14-20H2,1H3/t21-,26?/m0/s1. The number of hydrogen-bond donors (Lipinski definition) is 1. The monoisotopic (exact) mass is 470 g/mol. The lowest BCUT2D eigenvalue weighted by Gasteiger charge is -2.26. The molecule has 3 aromatic rings. The average molecular weight is 471 g/mol. The first-order chi connectivity index (χ1) is 17.1. The zero-order valence-corrected chi connectivity index (χ0v) is 19.9. The Labute approximate surface area is 206 Å². The molecule has 1 saturated heterocycles. The quantitative estimate of drug-likeness (QED) is 0.561. The van der Waals surface area contributed by atoms with Gasteiger partial charge in [-0.05, 0) is 48.9 Å². The first kappa shape index (κ1) is 23.3. The van der Waals surface area contributed by atoms with E-state index in [2.05, 4.69) is 46.0 Å². The maximum Gasteiger partial charge on any atom is 0.216 e. The van der Waals surface area contributed by atoms with Crippen molar-refractivity contribution in [3.05, 3.63) is 89.0 Å². The fourth-order valence-corrected chi connectivity index (χ4v) is 4.29. The van der Waals surface area contributed by atoms with Gasteiger partial charge in [0, 0.05) is 55.3 Å². The fraction of sp³-hybridized carbons (Fsp3) is 0.357. The Kier molecular flexibility index (Phi) is 7.24. The van der Waals surface area contributed by atoms with Crippen molar-refractivity contribution in [3.63, 3.8) is 0 Å². The molecule has 35 heavy (non-hydrogen) atoms. The van der Waals surface area contributed by atoms with Gasteiger partial charge in [0.05, 0.1) is 13.2 Å². The van der Waals surface area contributed by atoms with Crippen molar-refractivity contribution >= 4 is 5.90 Å². The van der Waals surface area contributed by atoms with Gasteiger partial charge in [0.2, 0.25) is 5.90 Å². The van der Waals surface area contributed by atoms with Crippen LogP contribution in [0.1, 0.15) is 41.1 Å². The van der Waals surface area contributed by atoms with E-state index in [1.807, 2.05) is 35.0 Å². The van der Waals surface area contributed by atoms with Gasteiger partial charge in [0.15, 0.2) is 0 Å². The lowest BCUT2D eigenvalue weighted by atomic mass is 10.1. The Balaban J connectivity index is 1.18. The predicted octanol–water partition coefficient (Wildman–Crippen LogP) is 3.01. The summed E-state index contributed by atoms with van der Waals surface area (Å²) >= 11 is 0. The van der Waals surface area contributed by atoms with Gasteiger partial charge in [-0.1, -0.05) is 24.0 Å². The van der Waals surface area contributed by atoms with E-state index in [-0.39, 0.29) is 6.04 Å². The normalized spacial score (nSPS) is 18.9. The minimum atomic E-state index is -0.613. The van der Waals surface area contributed by atoms with Crippen LogP contribution in [0.25, 0.3) is 0 Å². The molecule has 0 amide bonds. The number of aliphatic imine (C=N–C) groups is 1. The van der Waals surface area contributed by atoms with Crippen LogP contribution in [0.4, 0.5) is 0 Å². The van der Waals surface area contributed by atoms with E-state index in [1.54, 1.807) is 13.1 Å². The Morgan fingerprint density at radius 1 is 1.03 bits per heavy atom. The minimum Gasteiger partial charge on any atom is -0.475 e. The Morgan fingerprint density at radius 3 is 2.40 bits per heavy atom. The summed E-state index contributed by atoms with van der Waals surface area (Å²) in [6, 6.07) is 16.5. The van der Waals surface area contributed by atoms with Gasteiger partial charge in [-0.3, -0.25) is 4.90 Å². The molecule has 2 atom stereocenters. The molecule has 1 fully saturated rings. The average Bonchev–Trinajstić information content (AvgIpc) is 3.55. The highest BCUT2D eigenvalue weighted by atomic mass is 16.5. The van der Waals surface area contributed by atoms with E-state index < -0.39 is 6.10 Å². The van der Waals surface area contributed by atoms with E-state index in [1.165, 1.54) is 5.56 Å². The fourth-order valence-electron chi connectivity index (χ4n) is 4.29. The van der Waals surface area contributed by atoms with Gasteiger partial charge in [-0.2, -0.15) is 0 Å². The third-order valence-corrected chi connectivity index (χ3v) is 6.19. The van der Waals surface area contributed by atoms with Crippen molar-refractivity contribution in [3.8, 4) is 11.8 Å². The van der Waals surface area contributed by atoms with Gasteiger partial charge in [0.25, 0.3) is 0 Å². The summed E-state index contributed by atoms with van der Waals surface area (Å²) in [5, 5.41) is 9.85. The molecule has 0 bridgehead atoms. The molecule has 3 heterocycles. The maximum atomic E-state index is 9.85. The largest absolute Gasteiger partial charge is 0.475 e. The zero-order valence-electron chi connectivity index (χ0n) is 19.9. The van der Waals surface area contributed by atoms with Crippen LogP contribution in [-0.4, -0.2) is 64.4 Å². The van der Waals surface area contributed by atoms with Crippen LogP contribution in [-0.2, 0) is 22.6 Å². The summed E-state index contributed by atoms with van der Waals surface area (Å²) < 4.78 is 13.2. The number of aromatic nitrogens is 2. The molecule has 0 aliphatic carbocycles. The number of rotatable bonds is 6. The molecule has 2 aliphatic heterocycles. The molecule has 1 unspecified atom stereocenters. The molecule has 1 aromatic heterocycles. The van der Waals surface area contributed by atoms with E-state index >= 15 is 0 Å². The van der Waals surface area contributed by atoms with Crippen LogP contribution >= 0.6 is 0 Å². The minimum absolute atomic E-state index is 0.0117. The second kappa shape index (κ2) is 10.9. The van der Waals surface area contributed by atoms with E-state index in [9.17, 15) is 5.11 Å². The lowest BCUT2D eigenvalue weighted by Crippen LogP contribution is -2.35. The van der Waals surface area contributed by atoms with Gasteiger partial charge >= 0.3 is 0 Å². The van der Waals surface area contributed by atoms with Crippen LogP contribution in [0.3, 0.4) is 0 Å². The van der Waals surface area contributed by atoms with Crippen molar-refractivity contribution in [1.82, 2.24) is 14.5 Å². The van der Waals surface area contributed by atoms with Crippen molar-refractivity contribution in [1.29, 1.82) is 0 Å². The van der Waals surface area contributed by atoms with Gasteiger partial charge in [0.1, 0.15) is 24.6 Å². The molecule has 7 nitrogen and oxygen atoms in total. The second-order valence-corrected chi connectivity index (χ2v) is 8.93. The first-order valence-electron chi connectivity index (χ1n) is 12.1. The van der Waals surface area contributed by atoms with Gasteiger partial charge in [-0.15, -0.1) is 0 Å². The molecule has 180 valence electrons. The molecule has 0 radical (unpaired) electrons. The second-order valence-electron chi connectivity index (χ2n) is 8.93. The third-order valence-electron chi connectivity index (χ3n) is 6.19. The maximum absolute atomic E-state index is 9.85. The molecule has 1 N–H and O–H groups in total. The number of aliphatic hydroxyl groups is 1. The van der Waals surface area contributed by atoms with Crippen molar-refractivity contribution in [2.45, 2.75) is 32.2 Å². The molecule has 2 aliphatic rings. The molecule has 5 rings (SSSR count). The van der Waals surface area contributed by atoms with Gasteiger partial charge in [-0.25, -0.2) is 9.98 Å². The van der Waals surface area contributed by atoms with E-state index in [0.717, 1.165) is 49.5 Å². The van der Waals surface area contributed by atoms with E-state index in [4.69, 9.17) is 14.5 Å². The van der Waals surface area contributed by atoms with Crippen LogP contribution in [0.15, 0.2) is 65.9 Å². The van der Waals surface area contributed by atoms with Crippen LogP contribution in [0, 0.1) is 11.8 Å². The van der Waals surface area contributed by atoms with Crippen LogP contribution < -0.4 is 0 Å². The Morgan fingerprint density at radius 2 is 1.71 bits per heavy atom. The third kappa shape index (κ3) is 5.98. The number of aliphatic hydroxyl groups excluding tert-OH is 1. The molecule has 0 spiro atoms. The predicted molar refractivity (Wildman–Crippen MR) is 134 cm³/mol. The number of benzene rings is 2. The molecule has 0 saturated carbocycles. The Hall–Kier alpha value is -3.44. The summed E-state index contributed by atoms with van der Waals surface area (Å²) in [4.78, 5) is 11.4. The number of ether oxygens (including phenoxy) is 2. The smallest absolute Gasteiger partial charge is 0.216 e. The van der Waals surface area contributed by atoms with Crippen LogP contribution in [0.5, 0.6) is 0 Å². The molecule has 7 heteroatoms. The topological polar surface area (TPSA) is 72.1 Å². The zero-order chi connectivity index (χ0) is 24.0. The summed E-state index contributed by atoms with van der Waals surface area (Å²) in [5.41, 5.74) is 4.18. The Bertz CT molecular complexity index is 1210. The highest BCUT2D eigenvalue weighted by molar-refractivity contribution is 5.95. The summed E-state index contributed by atoms with van der Waals surface area (Å²) in [6.07, 6.45) is 2.94. The van der Waals surface area contributed by atoms with Crippen molar-refractivity contribution in [2.75, 3.05) is 32.9 Å². The van der Waals surface area contributed by atoms with Crippen molar-refractivity contribution in [2.24, 2.45) is 4.99 Å². The number of morpholine rings is 1. The summed E-state index contributed by atoms with van der Waals surface area (Å²) in [7, 11) is 0. The highest BCUT2D eigenvalue weighted by Crippen LogP contribution is 2.17. The van der Waals surface area contributed by atoms with Crippen LogP contribution in [0.2, 0.25) is 0 Å². The molecular formula is C28H30N4O3. The number of hydrogen-bond acceptors (Lipinski definition) is 6. The highest BCUT2D eigenvalue weighted by Gasteiger charge is 2.22. The number of imidazole rings is 1. The van der Waals surface area contributed by atoms with E-state index in [0.29, 0.717) is 24.9 Å². The molecular weight excluding hydrogens is 440 g/mol. The first-order valence-corrected chi connectivity index (χ1v) is 12.1. The van der Waals surface area contributed by atoms with Crippen molar-refractivity contribution < 1.29 is 14.6 Å². The van der Waals surface area contributed by atoms with Gasteiger partial charge < -0.3 is 19.1 Å². The summed E-state index contributed by atoms with van der Waals surface area (Å²) in [5.74, 6) is 7.78. The summed E-state index contributed by atoms with van der Waals surface area (Å²) in [6.45, 7) is 7.42. The SMILES string of the molecule is C[C@H](O)c1nccn1CC1COC(c2ccc(C#Cc3ccc(CN4CCOCC4)cc3)cc2)=N1. The number of nitrogens with zero attached hydrogens (tertiary/aromatic N) is 4. The lowest BCUT2D eigenvalue weighted by molar-refractivity contribution is 0.0342.